The van der Waals surface area contributed by atoms with Gasteiger partial charge in [0, 0.05) is 44.5 Å². The summed E-state index contributed by atoms with van der Waals surface area (Å²) in [6, 6.07) is 5.43. The topological polar surface area (TPSA) is 104 Å². The van der Waals surface area contributed by atoms with Gasteiger partial charge in [0.2, 0.25) is 0 Å². The van der Waals surface area contributed by atoms with E-state index in [1.165, 1.54) is 30.3 Å². The zero-order valence-electron chi connectivity index (χ0n) is 20.4. The lowest BCUT2D eigenvalue weighted by Crippen LogP contribution is -2.50. The average molecular weight is 479 g/mol. The molecule has 1 saturated heterocycles. The van der Waals surface area contributed by atoms with Gasteiger partial charge in [-0.3, -0.25) is 4.79 Å². The molecule has 0 saturated carbocycles. The lowest BCUT2D eigenvalue weighted by atomic mass is 10.2. The highest BCUT2D eigenvalue weighted by Gasteiger charge is 2.28. The number of hydrogen-bond donors (Lipinski definition) is 2. The van der Waals surface area contributed by atoms with E-state index in [0.29, 0.717) is 57.4 Å². The smallest absolute Gasteiger partial charge is 0.410 e. The number of anilines is 1. The minimum Gasteiger partial charge on any atom is -0.444 e. The highest BCUT2D eigenvalue weighted by atomic mass is 19.1. The van der Waals surface area contributed by atoms with Crippen LogP contribution in [0.1, 0.15) is 27.7 Å². The Kier molecular flexibility index (Phi) is 10.5. The minimum absolute atomic E-state index is 0.00894. The molecule has 0 bridgehead atoms. The third kappa shape index (κ3) is 9.48. The van der Waals surface area contributed by atoms with E-state index in [4.69, 9.17) is 19.6 Å². The van der Waals surface area contributed by atoms with Gasteiger partial charge in [-0.1, -0.05) is 0 Å². The van der Waals surface area contributed by atoms with Crippen LogP contribution in [0.2, 0.25) is 0 Å². The van der Waals surface area contributed by atoms with Gasteiger partial charge in [0.05, 0.1) is 31.2 Å². The molecule has 1 heterocycles. The van der Waals surface area contributed by atoms with Crippen LogP contribution in [0.5, 0.6) is 0 Å². The Morgan fingerprint density at radius 3 is 2.24 bits per heavy atom. The zero-order chi connectivity index (χ0) is 25.1. The van der Waals surface area contributed by atoms with E-state index >= 15 is 0 Å². The first-order valence-corrected chi connectivity index (χ1v) is 11.3. The second kappa shape index (κ2) is 13.0. The van der Waals surface area contributed by atoms with Crippen molar-refractivity contribution < 1.29 is 28.2 Å². The lowest BCUT2D eigenvalue weighted by molar-refractivity contribution is -0.112. The molecule has 0 atom stereocenters. The van der Waals surface area contributed by atoms with Crippen LogP contribution in [0.25, 0.3) is 0 Å². The van der Waals surface area contributed by atoms with Crippen LogP contribution < -0.4 is 5.32 Å². The van der Waals surface area contributed by atoms with Crippen molar-refractivity contribution in [3.05, 3.63) is 41.9 Å². The molecule has 0 unspecified atom stereocenters. The molecule has 0 aliphatic carbocycles. The Labute approximate surface area is 200 Å². The number of nitrogens with one attached hydrogen (secondary N) is 2. The summed E-state index contributed by atoms with van der Waals surface area (Å²) in [5.74, 6) is -0.849. The molecule has 34 heavy (non-hydrogen) atoms. The quantitative estimate of drug-likeness (QED) is 0.304. The van der Waals surface area contributed by atoms with E-state index in [2.05, 4.69) is 5.32 Å². The van der Waals surface area contributed by atoms with Crippen LogP contribution in [-0.2, 0) is 19.0 Å². The first-order valence-electron chi connectivity index (χ1n) is 11.3. The van der Waals surface area contributed by atoms with Gasteiger partial charge in [-0.05, 0) is 52.0 Å². The van der Waals surface area contributed by atoms with Crippen molar-refractivity contribution in [3.63, 3.8) is 0 Å². The molecule has 0 aromatic heterocycles. The minimum atomic E-state index is -0.585. The third-order valence-electron chi connectivity index (χ3n) is 4.78. The molecule has 2 N–H and O–H groups in total. The lowest BCUT2D eigenvalue weighted by Gasteiger charge is -2.37. The summed E-state index contributed by atoms with van der Waals surface area (Å²) >= 11 is 0. The van der Waals surface area contributed by atoms with Gasteiger partial charge in [0.15, 0.2) is 0 Å². The van der Waals surface area contributed by atoms with Crippen molar-refractivity contribution in [2.24, 2.45) is 0 Å². The highest BCUT2D eigenvalue weighted by Crippen LogP contribution is 2.16. The summed E-state index contributed by atoms with van der Waals surface area (Å²) in [5.41, 5.74) is 0.395. The fraction of sp³-hybridized carbons (Fsp3) is 0.542. The predicted molar refractivity (Wildman–Crippen MR) is 128 cm³/mol. The average Bonchev–Trinajstić information content (AvgIpc) is 2.78. The first-order chi connectivity index (χ1) is 16.1. The molecule has 2 rings (SSSR count). The third-order valence-corrected chi connectivity index (χ3v) is 4.78. The van der Waals surface area contributed by atoms with Crippen molar-refractivity contribution in [3.8, 4) is 0 Å². The molecule has 1 fully saturated rings. The van der Waals surface area contributed by atoms with Crippen LogP contribution in [0.15, 0.2) is 36.0 Å². The van der Waals surface area contributed by atoms with Crippen LogP contribution in [0.3, 0.4) is 0 Å². The van der Waals surface area contributed by atoms with E-state index in [9.17, 15) is 14.0 Å². The van der Waals surface area contributed by atoms with Crippen molar-refractivity contribution in [2.45, 2.75) is 33.3 Å². The van der Waals surface area contributed by atoms with Crippen molar-refractivity contribution >= 4 is 23.4 Å². The van der Waals surface area contributed by atoms with E-state index in [-0.39, 0.29) is 18.4 Å². The fourth-order valence-electron chi connectivity index (χ4n) is 3.17. The molecule has 0 radical (unpaired) electrons. The van der Waals surface area contributed by atoms with E-state index < -0.39 is 17.3 Å². The van der Waals surface area contributed by atoms with E-state index in [0.717, 1.165) is 0 Å². The van der Waals surface area contributed by atoms with Crippen LogP contribution in [-0.4, -0.2) is 85.7 Å². The fourth-order valence-corrected chi connectivity index (χ4v) is 3.17. The van der Waals surface area contributed by atoms with Crippen LogP contribution >= 0.6 is 0 Å². The molecule has 1 aromatic rings. The molecule has 188 valence electrons. The second-order valence-electron chi connectivity index (χ2n) is 8.71. The Balaban J connectivity index is 2.06. The Hall–Kier alpha value is -2.98. The van der Waals surface area contributed by atoms with Crippen LogP contribution in [0.4, 0.5) is 14.9 Å². The molecule has 0 spiro atoms. The largest absolute Gasteiger partial charge is 0.444 e. The summed E-state index contributed by atoms with van der Waals surface area (Å²) in [4.78, 5) is 28.5. The number of nitrogens with zero attached hydrogens (tertiary/aromatic N) is 2. The normalized spacial score (nSPS) is 14.7. The van der Waals surface area contributed by atoms with Crippen LogP contribution in [0, 0.1) is 11.2 Å². The number of amides is 2. The highest BCUT2D eigenvalue weighted by molar-refractivity contribution is 6.07. The number of rotatable bonds is 10. The first kappa shape index (κ1) is 27.3. The number of benzene rings is 1. The Morgan fingerprint density at radius 2 is 1.65 bits per heavy atom. The molecular weight excluding hydrogens is 443 g/mol. The summed E-state index contributed by atoms with van der Waals surface area (Å²) in [6.45, 7) is 10.3. The van der Waals surface area contributed by atoms with Gasteiger partial charge in [-0.15, -0.1) is 0 Å². The number of halogens is 1. The number of carbonyl (C=O) groups is 2. The maximum absolute atomic E-state index is 13.1. The maximum Gasteiger partial charge on any atom is 0.410 e. The van der Waals surface area contributed by atoms with Crippen molar-refractivity contribution in [2.75, 3.05) is 57.9 Å². The summed E-state index contributed by atoms with van der Waals surface area (Å²) < 4.78 is 29.3. The molecular formula is C24H35FN4O5. The van der Waals surface area contributed by atoms with E-state index in [1.54, 1.807) is 4.90 Å². The van der Waals surface area contributed by atoms with Crippen molar-refractivity contribution in [1.29, 1.82) is 5.41 Å². The number of carbonyl (C=O) groups excluding carboxylic acids is 2. The van der Waals surface area contributed by atoms with Gasteiger partial charge >= 0.3 is 6.09 Å². The monoisotopic (exact) mass is 478 g/mol. The molecule has 1 aromatic carbocycles. The molecule has 2 amide bonds. The molecule has 1 aliphatic rings. The summed E-state index contributed by atoms with van der Waals surface area (Å²) in [5, 5.41) is 11.2. The standard InChI is InChI=1S/C24H35FN4O5/c1-5-32-14-15-33-17-20(26)21(16-22(30)27-19-8-6-18(25)7-9-19)28-10-12-29(13-11-28)23(31)34-24(2,3)4/h6-9,16,26H,5,10-15,17H2,1-4H3,(H,27,30)/b21-16+,26-20?. The number of piperazine rings is 1. The van der Waals surface area contributed by atoms with E-state index in [1.807, 2.05) is 32.6 Å². The number of ether oxygens (including phenoxy) is 3. The number of hydrogen-bond acceptors (Lipinski definition) is 7. The summed E-state index contributed by atoms with van der Waals surface area (Å²) in [6.07, 6.45) is 0.946. The van der Waals surface area contributed by atoms with Gasteiger partial charge in [-0.25, -0.2) is 9.18 Å². The Bertz CT molecular complexity index is 859. The van der Waals surface area contributed by atoms with Gasteiger partial charge in [0.25, 0.3) is 5.91 Å². The SMILES string of the molecule is CCOCCOCC(=N)/C(=C\C(=O)Nc1ccc(F)cc1)N1CCN(C(=O)OC(C)(C)C)CC1. The van der Waals surface area contributed by atoms with Gasteiger partial charge < -0.3 is 34.7 Å². The van der Waals surface area contributed by atoms with Gasteiger partial charge in [-0.2, -0.15) is 0 Å². The molecule has 10 heteroatoms. The van der Waals surface area contributed by atoms with Crippen molar-refractivity contribution in [1.82, 2.24) is 9.80 Å². The predicted octanol–water partition coefficient (Wildman–Crippen LogP) is 3.27. The molecule has 9 nitrogen and oxygen atoms in total. The summed E-state index contributed by atoms with van der Waals surface area (Å²) in [7, 11) is 0. The Morgan fingerprint density at radius 1 is 1.06 bits per heavy atom. The second-order valence-corrected chi connectivity index (χ2v) is 8.71. The molecule has 1 aliphatic heterocycles. The maximum atomic E-state index is 13.1. The zero-order valence-corrected chi connectivity index (χ0v) is 20.4. The van der Waals surface area contributed by atoms with Gasteiger partial charge in [0.1, 0.15) is 11.4 Å².